The second kappa shape index (κ2) is 6.57. The van der Waals surface area contributed by atoms with Crippen LogP contribution in [-0.4, -0.2) is 18.6 Å². The molecule has 1 aromatic rings. The maximum Gasteiger partial charge on any atom is 0.222 e. The quantitative estimate of drug-likeness (QED) is 0.854. The highest BCUT2D eigenvalue weighted by atomic mass is 16.5. The third-order valence-electron chi connectivity index (χ3n) is 3.40. The third-order valence-corrected chi connectivity index (χ3v) is 3.40. The molecular formula is C15H22N2O2. The van der Waals surface area contributed by atoms with E-state index in [1.54, 1.807) is 0 Å². The van der Waals surface area contributed by atoms with Crippen molar-refractivity contribution in [1.82, 2.24) is 5.32 Å². The number of para-hydroxylation sites is 1. The van der Waals surface area contributed by atoms with Gasteiger partial charge in [-0.05, 0) is 12.5 Å². The monoisotopic (exact) mass is 262 g/mol. The van der Waals surface area contributed by atoms with E-state index in [-0.39, 0.29) is 18.0 Å². The lowest BCUT2D eigenvalue weighted by molar-refractivity contribution is -0.122. The van der Waals surface area contributed by atoms with Gasteiger partial charge in [-0.15, -0.1) is 0 Å². The van der Waals surface area contributed by atoms with E-state index in [1.165, 1.54) is 0 Å². The molecule has 104 valence electrons. The largest absolute Gasteiger partial charge is 0.493 e. The summed E-state index contributed by atoms with van der Waals surface area (Å²) in [5.41, 5.74) is 6.96. The number of amides is 1. The van der Waals surface area contributed by atoms with Gasteiger partial charge in [0, 0.05) is 24.4 Å². The molecule has 0 saturated heterocycles. The van der Waals surface area contributed by atoms with E-state index in [4.69, 9.17) is 10.5 Å². The van der Waals surface area contributed by atoms with E-state index < -0.39 is 0 Å². The lowest BCUT2D eigenvalue weighted by atomic mass is 10.00. The number of ether oxygens (including phenoxy) is 1. The molecule has 1 heterocycles. The highest BCUT2D eigenvalue weighted by Crippen LogP contribution is 2.31. The van der Waals surface area contributed by atoms with Crippen molar-refractivity contribution in [2.75, 3.05) is 6.61 Å². The fourth-order valence-electron chi connectivity index (χ4n) is 2.46. The minimum absolute atomic E-state index is 0.0302. The number of rotatable bonds is 5. The number of fused-ring (bicyclic) bond motifs is 1. The fourth-order valence-corrected chi connectivity index (χ4v) is 2.46. The molecule has 2 atom stereocenters. The number of nitrogens with one attached hydrogen (secondary N) is 1. The summed E-state index contributed by atoms with van der Waals surface area (Å²) in [5, 5.41) is 3.07. The lowest BCUT2D eigenvalue weighted by Crippen LogP contribution is -2.36. The van der Waals surface area contributed by atoms with Crippen molar-refractivity contribution < 1.29 is 9.53 Å². The number of hydrogen-bond donors (Lipinski definition) is 2. The second-order valence-electron chi connectivity index (χ2n) is 5.05. The summed E-state index contributed by atoms with van der Waals surface area (Å²) in [6.07, 6.45) is 3.10. The molecule has 2 rings (SSSR count). The zero-order valence-electron chi connectivity index (χ0n) is 11.4. The first-order valence-corrected chi connectivity index (χ1v) is 6.97. The predicted molar refractivity (Wildman–Crippen MR) is 74.9 cm³/mol. The van der Waals surface area contributed by atoms with Gasteiger partial charge in [-0.25, -0.2) is 0 Å². The van der Waals surface area contributed by atoms with Crippen LogP contribution >= 0.6 is 0 Å². The molecule has 0 saturated carbocycles. The molecule has 0 fully saturated rings. The smallest absolute Gasteiger partial charge is 0.222 e. The Labute approximate surface area is 114 Å². The second-order valence-corrected chi connectivity index (χ2v) is 5.05. The Balaban J connectivity index is 1.95. The van der Waals surface area contributed by atoms with Crippen LogP contribution in [0, 0.1) is 0 Å². The Morgan fingerprint density at radius 2 is 2.32 bits per heavy atom. The number of benzene rings is 1. The summed E-state index contributed by atoms with van der Waals surface area (Å²) in [7, 11) is 0. The molecule has 4 nitrogen and oxygen atoms in total. The fraction of sp³-hybridized carbons (Fsp3) is 0.533. The van der Waals surface area contributed by atoms with E-state index >= 15 is 0 Å². The average Bonchev–Trinajstić information content (AvgIpc) is 2.39. The standard InChI is InChI=1S/C15H22N2O2/c1-2-5-11(16)10-15(18)17-13-8-9-19-14-7-4-3-6-12(13)14/h3-4,6-7,11,13H,2,5,8-10,16H2,1H3,(H,17,18). The molecule has 1 aliphatic heterocycles. The summed E-state index contributed by atoms with van der Waals surface area (Å²) in [4.78, 5) is 12.0. The SMILES string of the molecule is CCCC(N)CC(=O)NC1CCOc2ccccc21. The Morgan fingerprint density at radius 1 is 1.53 bits per heavy atom. The number of carbonyl (C=O) groups excluding carboxylic acids is 1. The summed E-state index contributed by atoms with van der Waals surface area (Å²) < 4.78 is 5.58. The van der Waals surface area contributed by atoms with Crippen LogP contribution in [0.1, 0.15) is 44.2 Å². The Morgan fingerprint density at radius 3 is 3.11 bits per heavy atom. The molecule has 0 aliphatic carbocycles. The molecule has 3 N–H and O–H groups in total. The van der Waals surface area contributed by atoms with Crippen molar-refractivity contribution in [3.05, 3.63) is 29.8 Å². The molecule has 0 radical (unpaired) electrons. The molecule has 0 bridgehead atoms. The average molecular weight is 262 g/mol. The van der Waals surface area contributed by atoms with E-state index in [1.807, 2.05) is 24.3 Å². The molecule has 2 unspecified atom stereocenters. The van der Waals surface area contributed by atoms with Crippen LogP contribution in [0.15, 0.2) is 24.3 Å². The molecule has 1 aromatic carbocycles. The van der Waals surface area contributed by atoms with Gasteiger partial charge in [-0.3, -0.25) is 4.79 Å². The summed E-state index contributed by atoms with van der Waals surface area (Å²) in [5.74, 6) is 0.902. The van der Waals surface area contributed by atoms with Gasteiger partial charge in [-0.1, -0.05) is 31.5 Å². The topological polar surface area (TPSA) is 64.4 Å². The Hall–Kier alpha value is -1.55. The summed E-state index contributed by atoms with van der Waals surface area (Å²) in [6.45, 7) is 2.72. The predicted octanol–water partition coefficient (Wildman–Crippen LogP) is 2.14. The highest BCUT2D eigenvalue weighted by molar-refractivity contribution is 5.77. The first-order chi connectivity index (χ1) is 9.20. The van der Waals surface area contributed by atoms with Crippen LogP contribution in [-0.2, 0) is 4.79 Å². The van der Waals surface area contributed by atoms with Crippen LogP contribution < -0.4 is 15.8 Å². The summed E-state index contributed by atoms with van der Waals surface area (Å²) in [6, 6.07) is 7.86. The van der Waals surface area contributed by atoms with Crippen LogP contribution in [0.25, 0.3) is 0 Å². The number of carbonyl (C=O) groups is 1. The lowest BCUT2D eigenvalue weighted by Gasteiger charge is -2.27. The van der Waals surface area contributed by atoms with Crippen molar-refractivity contribution in [3.8, 4) is 5.75 Å². The van der Waals surface area contributed by atoms with Gasteiger partial charge in [0.15, 0.2) is 0 Å². The van der Waals surface area contributed by atoms with Crippen molar-refractivity contribution >= 4 is 5.91 Å². The van der Waals surface area contributed by atoms with E-state index in [0.717, 1.165) is 30.6 Å². The van der Waals surface area contributed by atoms with Crippen LogP contribution in [0.2, 0.25) is 0 Å². The molecule has 19 heavy (non-hydrogen) atoms. The van der Waals surface area contributed by atoms with Crippen molar-refractivity contribution in [2.24, 2.45) is 5.73 Å². The molecule has 0 spiro atoms. The molecular weight excluding hydrogens is 240 g/mol. The Bertz CT molecular complexity index is 434. The van der Waals surface area contributed by atoms with Gasteiger partial charge in [-0.2, -0.15) is 0 Å². The Kier molecular flexibility index (Phi) is 4.80. The van der Waals surface area contributed by atoms with E-state index in [9.17, 15) is 4.79 Å². The minimum atomic E-state index is -0.0416. The van der Waals surface area contributed by atoms with Gasteiger partial charge in [0.2, 0.25) is 5.91 Å². The zero-order valence-corrected chi connectivity index (χ0v) is 11.4. The molecule has 1 amide bonds. The van der Waals surface area contributed by atoms with Gasteiger partial charge >= 0.3 is 0 Å². The third kappa shape index (κ3) is 3.70. The van der Waals surface area contributed by atoms with Gasteiger partial charge in [0.1, 0.15) is 5.75 Å². The first kappa shape index (κ1) is 13.9. The van der Waals surface area contributed by atoms with Crippen LogP contribution in [0.3, 0.4) is 0 Å². The molecule has 4 heteroatoms. The van der Waals surface area contributed by atoms with E-state index in [0.29, 0.717) is 13.0 Å². The van der Waals surface area contributed by atoms with Crippen molar-refractivity contribution in [1.29, 1.82) is 0 Å². The van der Waals surface area contributed by atoms with Crippen molar-refractivity contribution in [2.45, 2.75) is 44.7 Å². The minimum Gasteiger partial charge on any atom is -0.493 e. The maximum absolute atomic E-state index is 12.0. The first-order valence-electron chi connectivity index (χ1n) is 6.97. The van der Waals surface area contributed by atoms with Gasteiger partial charge < -0.3 is 15.8 Å². The van der Waals surface area contributed by atoms with Crippen molar-refractivity contribution in [3.63, 3.8) is 0 Å². The summed E-state index contributed by atoms with van der Waals surface area (Å²) >= 11 is 0. The van der Waals surface area contributed by atoms with Gasteiger partial charge in [0.05, 0.1) is 12.6 Å². The van der Waals surface area contributed by atoms with Gasteiger partial charge in [0.25, 0.3) is 0 Å². The normalized spacial score (nSPS) is 19.2. The zero-order chi connectivity index (χ0) is 13.7. The van der Waals surface area contributed by atoms with E-state index in [2.05, 4.69) is 12.2 Å². The van der Waals surface area contributed by atoms with Crippen LogP contribution in [0.5, 0.6) is 5.75 Å². The number of hydrogen-bond acceptors (Lipinski definition) is 3. The van der Waals surface area contributed by atoms with Crippen LogP contribution in [0.4, 0.5) is 0 Å². The maximum atomic E-state index is 12.0. The number of nitrogens with two attached hydrogens (primary N) is 1. The highest BCUT2D eigenvalue weighted by Gasteiger charge is 2.22. The molecule has 1 aliphatic rings. The molecule has 0 aromatic heterocycles.